The van der Waals surface area contributed by atoms with Gasteiger partial charge in [-0.15, -0.1) is 0 Å². The topological polar surface area (TPSA) is 46.2 Å². The summed E-state index contributed by atoms with van der Waals surface area (Å²) >= 11 is 0. The van der Waals surface area contributed by atoms with E-state index in [1.54, 1.807) is 0 Å². The highest BCUT2D eigenvalue weighted by atomic mass is 19.4. The van der Waals surface area contributed by atoms with Gasteiger partial charge in [-0.2, -0.15) is 13.2 Å². The first-order valence-corrected chi connectivity index (χ1v) is 1.45. The number of aliphatic hydroxyl groups excluding tert-OH is 1. The van der Waals surface area contributed by atoms with Crippen molar-refractivity contribution in [2.24, 2.45) is 5.73 Å². The van der Waals surface area contributed by atoms with Crippen molar-refractivity contribution >= 4 is 0 Å². The predicted octanol–water partition coefficient (Wildman–Crippen LogP) is -0.174. The molecule has 0 aromatic heterocycles. The summed E-state index contributed by atoms with van der Waals surface area (Å²) < 4.78 is 32.4. The van der Waals surface area contributed by atoms with Crippen molar-refractivity contribution in [3.8, 4) is 0 Å². The van der Waals surface area contributed by atoms with Crippen molar-refractivity contribution in [3.05, 3.63) is 0 Å². The van der Waals surface area contributed by atoms with E-state index in [0.29, 0.717) is 0 Å². The van der Waals surface area contributed by atoms with Gasteiger partial charge in [0.25, 0.3) is 0 Å². The van der Waals surface area contributed by atoms with E-state index in [1.807, 2.05) is 0 Å². The molecule has 1 atom stereocenters. The van der Waals surface area contributed by atoms with E-state index in [2.05, 4.69) is 5.73 Å². The molecule has 2 nitrogen and oxygen atoms in total. The number of hydrogen-bond acceptors (Lipinski definition) is 2. The summed E-state index contributed by atoms with van der Waals surface area (Å²) in [5.74, 6) is 0. The summed E-state index contributed by atoms with van der Waals surface area (Å²) in [5, 5.41) is 7.54. The zero-order valence-electron chi connectivity index (χ0n) is 3.24. The van der Waals surface area contributed by atoms with Gasteiger partial charge < -0.3 is 5.11 Å². The molecule has 0 amide bonds. The van der Waals surface area contributed by atoms with Gasteiger partial charge in [0.2, 0.25) is 0 Å². The van der Waals surface area contributed by atoms with Crippen LogP contribution in [0.4, 0.5) is 13.2 Å². The molecular weight excluding hydrogens is 111 g/mol. The molecule has 0 aromatic rings. The Morgan fingerprint density at radius 1 is 1.43 bits per heavy atom. The second kappa shape index (κ2) is 1.67. The lowest BCUT2D eigenvalue weighted by atomic mass is 10.6. The summed E-state index contributed by atoms with van der Waals surface area (Å²) in [7, 11) is 0. The van der Waals surface area contributed by atoms with Crippen molar-refractivity contribution in [1.29, 1.82) is 0 Å². The zero-order chi connectivity index (χ0) is 6.08. The quantitative estimate of drug-likeness (QED) is 0.430. The normalized spacial score (nSPS) is 16.7. The third-order valence-electron chi connectivity index (χ3n) is 0.335. The monoisotopic (exact) mass is 115 g/mol. The Kier molecular flexibility index (Phi) is 1.60. The van der Waals surface area contributed by atoms with Crippen LogP contribution in [0.5, 0.6) is 0 Å². The van der Waals surface area contributed by atoms with Crippen molar-refractivity contribution < 1.29 is 18.3 Å². The average molecular weight is 115 g/mol. The molecule has 5 heteroatoms. The Morgan fingerprint density at radius 3 is 1.57 bits per heavy atom. The number of hydrogen-bond donors (Lipinski definition) is 2. The molecule has 0 saturated heterocycles. The van der Waals surface area contributed by atoms with E-state index in [4.69, 9.17) is 5.11 Å². The Labute approximate surface area is 37.7 Å². The van der Waals surface area contributed by atoms with Crippen molar-refractivity contribution in [3.63, 3.8) is 0 Å². The van der Waals surface area contributed by atoms with Crippen LogP contribution in [0.25, 0.3) is 0 Å². The number of nitrogens with two attached hydrogens (primary N) is 1. The van der Waals surface area contributed by atoms with Gasteiger partial charge in [0.15, 0.2) is 6.23 Å². The van der Waals surface area contributed by atoms with Crippen LogP contribution < -0.4 is 5.73 Å². The molecule has 0 saturated carbocycles. The van der Waals surface area contributed by atoms with Gasteiger partial charge in [-0.3, -0.25) is 5.73 Å². The highest BCUT2D eigenvalue weighted by Gasteiger charge is 2.34. The number of alkyl halides is 3. The Balaban J connectivity index is 3.54. The molecule has 0 aliphatic carbocycles. The van der Waals surface area contributed by atoms with Crippen molar-refractivity contribution in [2.75, 3.05) is 0 Å². The van der Waals surface area contributed by atoms with E-state index in [-0.39, 0.29) is 0 Å². The minimum Gasteiger partial charge on any atom is -0.370 e. The number of rotatable bonds is 0. The Bertz CT molecular complexity index is 58.4. The third kappa shape index (κ3) is 2.41. The molecular formula is C2H4F3NO. The molecule has 44 valence electrons. The van der Waals surface area contributed by atoms with Gasteiger partial charge in [-0.05, 0) is 0 Å². The lowest BCUT2D eigenvalue weighted by Gasteiger charge is -2.06. The second-order valence-corrected chi connectivity index (χ2v) is 0.986. The third-order valence-corrected chi connectivity index (χ3v) is 0.335. The minimum absolute atomic E-state index is 2.70. The minimum atomic E-state index is -4.67. The van der Waals surface area contributed by atoms with Gasteiger partial charge in [0, 0.05) is 0 Å². The van der Waals surface area contributed by atoms with Crippen molar-refractivity contribution in [2.45, 2.75) is 12.4 Å². The van der Waals surface area contributed by atoms with E-state index in [9.17, 15) is 13.2 Å². The van der Waals surface area contributed by atoms with Crippen LogP contribution in [0.3, 0.4) is 0 Å². The van der Waals surface area contributed by atoms with Crippen LogP contribution >= 0.6 is 0 Å². The van der Waals surface area contributed by atoms with Crippen LogP contribution in [0.15, 0.2) is 0 Å². The van der Waals surface area contributed by atoms with Gasteiger partial charge in [-0.1, -0.05) is 0 Å². The van der Waals surface area contributed by atoms with Crippen LogP contribution in [-0.2, 0) is 0 Å². The molecule has 0 fully saturated rings. The summed E-state index contributed by atoms with van der Waals surface area (Å²) in [6, 6.07) is 0. The maximum atomic E-state index is 10.8. The first-order chi connectivity index (χ1) is 2.94. The molecule has 0 bridgehead atoms. The lowest BCUT2D eigenvalue weighted by Crippen LogP contribution is -2.36. The van der Waals surface area contributed by atoms with Gasteiger partial charge in [0.05, 0.1) is 0 Å². The molecule has 0 aliphatic rings. The van der Waals surface area contributed by atoms with Gasteiger partial charge >= 0.3 is 6.18 Å². The van der Waals surface area contributed by atoms with E-state index in [0.717, 1.165) is 0 Å². The van der Waals surface area contributed by atoms with E-state index in [1.165, 1.54) is 0 Å². The second-order valence-electron chi connectivity index (χ2n) is 0.986. The maximum Gasteiger partial charge on any atom is 0.427 e. The SMILES string of the molecule is NC(O)C(F)(F)F. The molecule has 1 unspecified atom stereocenters. The molecule has 0 heterocycles. The largest absolute Gasteiger partial charge is 0.427 e. The Morgan fingerprint density at radius 2 is 1.57 bits per heavy atom. The highest BCUT2D eigenvalue weighted by molar-refractivity contribution is 4.53. The fourth-order valence-electron chi connectivity index (χ4n) is 0. The summed E-state index contributed by atoms with van der Waals surface area (Å²) in [6.45, 7) is 0. The molecule has 3 N–H and O–H groups in total. The molecule has 0 rings (SSSR count). The summed E-state index contributed by atoms with van der Waals surface area (Å²) in [4.78, 5) is 0. The van der Waals surface area contributed by atoms with Gasteiger partial charge in [-0.25, -0.2) is 0 Å². The first-order valence-electron chi connectivity index (χ1n) is 1.45. The molecule has 0 spiro atoms. The smallest absolute Gasteiger partial charge is 0.370 e. The predicted molar refractivity (Wildman–Crippen MR) is 16.2 cm³/mol. The Hall–Kier alpha value is -0.290. The fraction of sp³-hybridized carbons (Fsp3) is 1.00. The lowest BCUT2D eigenvalue weighted by molar-refractivity contribution is -0.201. The highest BCUT2D eigenvalue weighted by Crippen LogP contribution is 2.15. The number of halogens is 3. The van der Waals surface area contributed by atoms with Crippen LogP contribution in [0, 0.1) is 0 Å². The zero-order valence-corrected chi connectivity index (χ0v) is 3.24. The standard InChI is InChI=1S/C2H4F3NO/c3-2(4,5)1(6)7/h1,7H,6H2. The maximum absolute atomic E-state index is 10.8. The molecule has 0 aromatic carbocycles. The van der Waals surface area contributed by atoms with E-state index < -0.39 is 12.4 Å². The average Bonchev–Trinajstić information content (AvgIpc) is 1.31. The summed E-state index contributed by atoms with van der Waals surface area (Å²) in [6.07, 6.45) is -7.37. The fourth-order valence-corrected chi connectivity index (χ4v) is 0. The molecule has 7 heavy (non-hydrogen) atoms. The number of aliphatic hydroxyl groups is 1. The molecule has 0 radical (unpaired) electrons. The first kappa shape index (κ1) is 6.71. The van der Waals surface area contributed by atoms with Gasteiger partial charge in [0.1, 0.15) is 0 Å². The van der Waals surface area contributed by atoms with Crippen LogP contribution in [0.1, 0.15) is 0 Å². The van der Waals surface area contributed by atoms with E-state index >= 15 is 0 Å². The summed E-state index contributed by atoms with van der Waals surface area (Å²) in [5.41, 5.74) is 4.00. The molecule has 0 aliphatic heterocycles. The van der Waals surface area contributed by atoms with Crippen LogP contribution in [0.2, 0.25) is 0 Å². The van der Waals surface area contributed by atoms with Crippen LogP contribution in [-0.4, -0.2) is 17.5 Å². The van der Waals surface area contributed by atoms with Crippen molar-refractivity contribution in [1.82, 2.24) is 0 Å².